The Balaban J connectivity index is 1.31. The third-order valence-electron chi connectivity index (χ3n) is 8.37. The summed E-state index contributed by atoms with van der Waals surface area (Å²) in [6, 6.07) is 29.1. The number of carboxylic acids is 1. The van der Waals surface area contributed by atoms with Crippen molar-refractivity contribution < 1.29 is 19.4 Å². The molecule has 0 spiro atoms. The number of benzene rings is 3. The van der Waals surface area contributed by atoms with Crippen molar-refractivity contribution >= 4 is 5.97 Å². The van der Waals surface area contributed by atoms with E-state index >= 15 is 0 Å². The number of nitriles is 1. The van der Waals surface area contributed by atoms with Crippen LogP contribution in [0.5, 0.6) is 0 Å². The maximum absolute atomic E-state index is 10.9. The van der Waals surface area contributed by atoms with Crippen molar-refractivity contribution in [2.24, 2.45) is 11.8 Å². The Morgan fingerprint density at radius 1 is 1.03 bits per heavy atom. The molecule has 1 aliphatic carbocycles. The highest BCUT2D eigenvalue weighted by molar-refractivity contribution is 5.66. The number of unbranched alkanes of at least 4 members (excludes halogenated alkanes) is 1. The standard InChI is InChI=1S/C34H35NO4/c35-21-25-12-14-26(15-13-25)22-38-23-30-31(10-6-1-2-7-11-33(36)37)34(20-32(30)39-24-34)29-18-16-28(17-19-29)27-8-4-3-5-9-27/h1,3-6,8-9,12-19,30-32H,2,7,10-11,20,22-24H2,(H,36,37)/b6-1-/t30-,31-,32-,34-/m0/s1. The molecule has 0 amide bonds. The summed E-state index contributed by atoms with van der Waals surface area (Å²) >= 11 is 0. The quantitative estimate of drug-likeness (QED) is 0.207. The number of fused-ring (bicyclic) bond motifs is 2. The van der Waals surface area contributed by atoms with Gasteiger partial charge in [-0.05, 0) is 66.0 Å². The first kappa shape index (κ1) is 26.9. The highest BCUT2D eigenvalue weighted by Gasteiger charge is 2.59. The molecule has 1 heterocycles. The maximum atomic E-state index is 10.9. The van der Waals surface area contributed by atoms with Gasteiger partial charge in [0, 0.05) is 17.8 Å². The predicted molar refractivity (Wildman–Crippen MR) is 151 cm³/mol. The molecule has 5 rings (SSSR count). The SMILES string of the molecule is N#Cc1ccc(COC[C@@H]2[C@@H]3C[C@@](c4ccc(-c5ccccc5)cc4)(CO3)[C@H]2C/C=C\CCCC(=O)O)cc1. The van der Waals surface area contributed by atoms with E-state index in [4.69, 9.17) is 19.8 Å². The summed E-state index contributed by atoms with van der Waals surface area (Å²) < 4.78 is 12.6. The minimum absolute atomic E-state index is 0.0617. The van der Waals surface area contributed by atoms with E-state index in [0.717, 1.165) is 24.8 Å². The molecule has 39 heavy (non-hydrogen) atoms. The lowest BCUT2D eigenvalue weighted by molar-refractivity contribution is -0.137. The van der Waals surface area contributed by atoms with Gasteiger partial charge in [0.15, 0.2) is 0 Å². The molecular weight excluding hydrogens is 486 g/mol. The fourth-order valence-electron chi connectivity index (χ4n) is 6.32. The van der Waals surface area contributed by atoms with E-state index in [9.17, 15) is 4.79 Å². The Labute approximate surface area is 230 Å². The highest BCUT2D eigenvalue weighted by Crippen LogP contribution is 2.56. The summed E-state index contributed by atoms with van der Waals surface area (Å²) in [5.74, 6) is -0.101. The summed E-state index contributed by atoms with van der Waals surface area (Å²) in [6.45, 7) is 1.84. The van der Waals surface area contributed by atoms with Crippen LogP contribution in [0.25, 0.3) is 11.1 Å². The minimum atomic E-state index is -0.744. The summed E-state index contributed by atoms with van der Waals surface area (Å²) in [4.78, 5) is 10.9. The van der Waals surface area contributed by atoms with Gasteiger partial charge < -0.3 is 14.6 Å². The smallest absolute Gasteiger partial charge is 0.303 e. The van der Waals surface area contributed by atoms with Gasteiger partial charge in [-0.25, -0.2) is 0 Å². The lowest BCUT2D eigenvalue weighted by Crippen LogP contribution is -2.41. The second kappa shape index (κ2) is 12.4. The molecule has 0 unspecified atom stereocenters. The highest BCUT2D eigenvalue weighted by atomic mass is 16.5. The van der Waals surface area contributed by atoms with E-state index in [1.54, 1.807) is 0 Å². The second-order valence-corrected chi connectivity index (χ2v) is 10.7. The van der Waals surface area contributed by atoms with E-state index in [1.807, 2.05) is 30.3 Å². The van der Waals surface area contributed by atoms with Crippen LogP contribution in [-0.4, -0.2) is 30.4 Å². The molecule has 2 bridgehead atoms. The molecule has 5 nitrogen and oxygen atoms in total. The summed E-state index contributed by atoms with van der Waals surface area (Å²) in [7, 11) is 0. The molecule has 200 valence electrons. The first-order valence-corrected chi connectivity index (χ1v) is 13.8. The zero-order chi connectivity index (χ0) is 27.1. The summed E-state index contributed by atoms with van der Waals surface area (Å²) in [6.07, 6.45) is 8.07. The minimum Gasteiger partial charge on any atom is -0.481 e. The van der Waals surface area contributed by atoms with Crippen molar-refractivity contribution in [3.63, 3.8) is 0 Å². The van der Waals surface area contributed by atoms with E-state index in [0.29, 0.717) is 37.7 Å². The fourth-order valence-corrected chi connectivity index (χ4v) is 6.32. The zero-order valence-electron chi connectivity index (χ0n) is 22.2. The number of carboxylic acid groups (broad SMARTS) is 1. The van der Waals surface area contributed by atoms with Crippen LogP contribution in [0.2, 0.25) is 0 Å². The molecule has 3 aromatic carbocycles. The molecular formula is C34H35NO4. The van der Waals surface area contributed by atoms with Gasteiger partial charge in [-0.15, -0.1) is 0 Å². The van der Waals surface area contributed by atoms with Gasteiger partial charge in [-0.1, -0.05) is 78.9 Å². The van der Waals surface area contributed by atoms with E-state index in [1.165, 1.54) is 16.7 Å². The van der Waals surface area contributed by atoms with Crippen LogP contribution >= 0.6 is 0 Å². The average molecular weight is 522 g/mol. The van der Waals surface area contributed by atoms with Crippen LogP contribution < -0.4 is 0 Å². The number of ether oxygens (including phenoxy) is 2. The Morgan fingerprint density at radius 2 is 1.77 bits per heavy atom. The lowest BCUT2D eigenvalue weighted by Gasteiger charge is -2.39. The first-order valence-electron chi connectivity index (χ1n) is 13.8. The average Bonchev–Trinajstić information content (AvgIpc) is 3.54. The molecule has 1 N–H and O–H groups in total. The van der Waals surface area contributed by atoms with Gasteiger partial charge in [0.1, 0.15) is 0 Å². The van der Waals surface area contributed by atoms with E-state index in [2.05, 4.69) is 66.8 Å². The number of carbonyl (C=O) groups is 1. The third kappa shape index (κ3) is 6.14. The number of rotatable bonds is 12. The van der Waals surface area contributed by atoms with Crippen molar-refractivity contribution in [1.29, 1.82) is 5.26 Å². The van der Waals surface area contributed by atoms with Crippen molar-refractivity contribution in [3.8, 4) is 17.2 Å². The molecule has 5 heteroatoms. The largest absolute Gasteiger partial charge is 0.481 e. The Hall–Kier alpha value is -3.72. The molecule has 2 aliphatic rings. The monoisotopic (exact) mass is 521 g/mol. The molecule has 1 saturated carbocycles. The van der Waals surface area contributed by atoms with Crippen molar-refractivity contribution in [1.82, 2.24) is 0 Å². The molecule has 3 aromatic rings. The Morgan fingerprint density at radius 3 is 2.49 bits per heavy atom. The number of aliphatic carboxylic acids is 1. The summed E-state index contributed by atoms with van der Waals surface area (Å²) in [5.41, 5.74) is 5.39. The van der Waals surface area contributed by atoms with Gasteiger partial charge in [-0.3, -0.25) is 4.79 Å². The van der Waals surface area contributed by atoms with Crippen LogP contribution in [0.3, 0.4) is 0 Å². The molecule has 0 aromatic heterocycles. The van der Waals surface area contributed by atoms with Gasteiger partial charge in [0.25, 0.3) is 0 Å². The maximum Gasteiger partial charge on any atom is 0.303 e. The van der Waals surface area contributed by atoms with Gasteiger partial charge >= 0.3 is 5.97 Å². The van der Waals surface area contributed by atoms with E-state index in [-0.39, 0.29) is 23.9 Å². The number of hydrogen-bond donors (Lipinski definition) is 1. The van der Waals surface area contributed by atoms with Gasteiger partial charge in [0.05, 0.1) is 37.6 Å². The number of nitrogens with zero attached hydrogens (tertiary/aromatic N) is 1. The Kier molecular flexibility index (Phi) is 8.56. The molecule has 1 saturated heterocycles. The molecule has 4 atom stereocenters. The molecule has 0 radical (unpaired) electrons. The predicted octanol–water partition coefficient (Wildman–Crippen LogP) is 6.92. The van der Waals surface area contributed by atoms with Gasteiger partial charge in [-0.2, -0.15) is 5.26 Å². The molecule has 1 aliphatic heterocycles. The first-order chi connectivity index (χ1) is 19.1. The van der Waals surface area contributed by atoms with Crippen LogP contribution in [0.4, 0.5) is 0 Å². The van der Waals surface area contributed by atoms with Crippen molar-refractivity contribution in [2.75, 3.05) is 13.2 Å². The van der Waals surface area contributed by atoms with Crippen LogP contribution in [-0.2, 0) is 26.3 Å². The molecule has 2 fully saturated rings. The number of hydrogen-bond acceptors (Lipinski definition) is 4. The van der Waals surface area contributed by atoms with Crippen LogP contribution in [0, 0.1) is 23.2 Å². The third-order valence-corrected chi connectivity index (χ3v) is 8.37. The van der Waals surface area contributed by atoms with Crippen molar-refractivity contribution in [2.45, 2.75) is 50.2 Å². The Bertz CT molecular complexity index is 1310. The van der Waals surface area contributed by atoms with Crippen molar-refractivity contribution in [3.05, 3.63) is 108 Å². The van der Waals surface area contributed by atoms with Crippen LogP contribution in [0.1, 0.15) is 48.8 Å². The lowest BCUT2D eigenvalue weighted by atomic mass is 9.69. The van der Waals surface area contributed by atoms with Crippen LogP contribution in [0.15, 0.2) is 91.0 Å². The second-order valence-electron chi connectivity index (χ2n) is 10.7. The normalized spacial score (nSPS) is 23.7. The topological polar surface area (TPSA) is 79.5 Å². The number of allylic oxidation sites excluding steroid dienone is 2. The van der Waals surface area contributed by atoms with E-state index < -0.39 is 5.97 Å². The fraction of sp³-hybridized carbons (Fsp3) is 0.353. The zero-order valence-corrected chi connectivity index (χ0v) is 22.2. The van der Waals surface area contributed by atoms with Gasteiger partial charge in [0.2, 0.25) is 0 Å². The summed E-state index contributed by atoms with van der Waals surface area (Å²) in [5, 5.41) is 18.0.